The quantitative estimate of drug-likeness (QED) is 0.408. The summed E-state index contributed by atoms with van der Waals surface area (Å²) in [5.74, 6) is -0.270. The molecule has 0 aliphatic rings. The number of aromatic hydroxyl groups is 1. The molecular weight excluding hydrogens is 395 g/mol. The largest absolute Gasteiger partial charge is 0.504 e. The van der Waals surface area contributed by atoms with Crippen LogP contribution in [0.25, 0.3) is 11.0 Å². The molecule has 3 aromatic rings. The van der Waals surface area contributed by atoms with E-state index in [1.807, 2.05) is 12.3 Å². The highest BCUT2D eigenvalue weighted by molar-refractivity contribution is 6.85. The third-order valence-electron chi connectivity index (χ3n) is 6.90. The molecular formula is C24H33FN2O2Si. The molecule has 0 amide bonds. The van der Waals surface area contributed by atoms with E-state index in [1.165, 1.54) is 13.2 Å². The lowest BCUT2D eigenvalue weighted by atomic mass is 10.0. The second kappa shape index (κ2) is 8.42. The lowest BCUT2D eigenvalue weighted by Gasteiger charge is -2.49. The molecule has 0 spiro atoms. The molecule has 4 nitrogen and oxygen atoms in total. The lowest BCUT2D eigenvalue weighted by Crippen LogP contribution is -2.51. The number of H-pyrrole nitrogens is 1. The normalized spacial score (nSPS) is 13.6. The Morgan fingerprint density at radius 2 is 1.67 bits per heavy atom. The van der Waals surface area contributed by atoms with Crippen LogP contribution < -0.4 is 4.74 Å². The molecule has 0 fully saturated rings. The SMILES string of the molecule is COc1cc(C(c2c[nH]c3ncccc23)[Si](C(C)C)(C(C)C)C(C)C)c(F)cc1O. The summed E-state index contributed by atoms with van der Waals surface area (Å²) >= 11 is 0. The maximum absolute atomic E-state index is 15.5. The Labute approximate surface area is 179 Å². The fourth-order valence-corrected chi connectivity index (χ4v) is 13.4. The fraction of sp³-hybridized carbons (Fsp3) is 0.458. The summed E-state index contributed by atoms with van der Waals surface area (Å²) in [6, 6.07) is 6.86. The Kier molecular flexibility index (Phi) is 6.27. The van der Waals surface area contributed by atoms with Gasteiger partial charge in [0.15, 0.2) is 11.5 Å². The molecule has 2 N–H and O–H groups in total. The number of aromatic nitrogens is 2. The molecule has 0 saturated heterocycles. The van der Waals surface area contributed by atoms with Crippen molar-refractivity contribution in [3.8, 4) is 11.5 Å². The van der Waals surface area contributed by atoms with Gasteiger partial charge < -0.3 is 14.8 Å². The van der Waals surface area contributed by atoms with Gasteiger partial charge in [-0.3, -0.25) is 0 Å². The molecule has 0 bridgehead atoms. The number of nitrogens with one attached hydrogen (secondary N) is 1. The van der Waals surface area contributed by atoms with Crippen molar-refractivity contribution >= 4 is 19.1 Å². The van der Waals surface area contributed by atoms with Gasteiger partial charge in [-0.15, -0.1) is 0 Å². The van der Waals surface area contributed by atoms with Gasteiger partial charge in [0.2, 0.25) is 0 Å². The monoisotopic (exact) mass is 428 g/mol. The van der Waals surface area contributed by atoms with Crippen LogP contribution in [0.3, 0.4) is 0 Å². The Morgan fingerprint density at radius 1 is 1.03 bits per heavy atom. The number of benzene rings is 1. The van der Waals surface area contributed by atoms with Crippen LogP contribution >= 0.6 is 0 Å². The molecule has 1 atom stereocenters. The zero-order valence-corrected chi connectivity index (χ0v) is 20.0. The number of pyridine rings is 1. The average molecular weight is 429 g/mol. The van der Waals surface area contributed by atoms with Crippen LogP contribution in [-0.2, 0) is 0 Å². The highest BCUT2D eigenvalue weighted by atomic mass is 28.3. The summed E-state index contributed by atoms with van der Waals surface area (Å²) in [4.78, 5) is 7.76. The van der Waals surface area contributed by atoms with Gasteiger partial charge in [0.25, 0.3) is 0 Å². The molecule has 0 saturated carbocycles. The molecule has 3 rings (SSSR count). The molecule has 0 aliphatic heterocycles. The fourth-order valence-electron chi connectivity index (χ4n) is 5.87. The van der Waals surface area contributed by atoms with E-state index in [0.717, 1.165) is 16.6 Å². The Bertz CT molecular complexity index is 1010. The molecule has 1 unspecified atom stereocenters. The Hall–Kier alpha value is -2.34. The van der Waals surface area contributed by atoms with E-state index in [-0.39, 0.29) is 11.3 Å². The van der Waals surface area contributed by atoms with Crippen molar-refractivity contribution in [1.29, 1.82) is 0 Å². The van der Waals surface area contributed by atoms with Crippen LogP contribution in [-0.4, -0.2) is 30.3 Å². The molecule has 0 aliphatic carbocycles. The van der Waals surface area contributed by atoms with Crippen molar-refractivity contribution in [2.45, 2.75) is 63.7 Å². The first kappa shape index (κ1) is 22.3. The topological polar surface area (TPSA) is 58.1 Å². The third-order valence-corrected chi connectivity index (χ3v) is 14.5. The van der Waals surface area contributed by atoms with Crippen LogP contribution in [0.1, 0.15) is 58.2 Å². The number of aromatic amines is 1. The van der Waals surface area contributed by atoms with E-state index in [1.54, 1.807) is 12.3 Å². The molecule has 162 valence electrons. The second-order valence-electron chi connectivity index (χ2n) is 9.09. The van der Waals surface area contributed by atoms with E-state index in [0.29, 0.717) is 27.9 Å². The van der Waals surface area contributed by atoms with Gasteiger partial charge >= 0.3 is 0 Å². The van der Waals surface area contributed by atoms with Crippen LogP contribution in [0.4, 0.5) is 4.39 Å². The van der Waals surface area contributed by atoms with Crippen LogP contribution in [0.5, 0.6) is 11.5 Å². The maximum atomic E-state index is 15.5. The molecule has 0 radical (unpaired) electrons. The van der Waals surface area contributed by atoms with Crippen LogP contribution in [0.15, 0.2) is 36.7 Å². The van der Waals surface area contributed by atoms with E-state index in [4.69, 9.17) is 4.74 Å². The predicted octanol–water partition coefficient (Wildman–Crippen LogP) is 6.77. The predicted molar refractivity (Wildman–Crippen MR) is 124 cm³/mol. The van der Waals surface area contributed by atoms with Crippen molar-refractivity contribution < 1.29 is 14.2 Å². The van der Waals surface area contributed by atoms with Gasteiger partial charge in [0.1, 0.15) is 11.5 Å². The van der Waals surface area contributed by atoms with Crippen molar-refractivity contribution in [3.63, 3.8) is 0 Å². The summed E-state index contributed by atoms with van der Waals surface area (Å²) in [5, 5.41) is 11.2. The summed E-state index contributed by atoms with van der Waals surface area (Å²) in [6.07, 6.45) is 3.76. The smallest absolute Gasteiger partial charge is 0.160 e. The van der Waals surface area contributed by atoms with E-state index in [2.05, 4.69) is 57.6 Å². The summed E-state index contributed by atoms with van der Waals surface area (Å²) in [7, 11) is -0.730. The van der Waals surface area contributed by atoms with Crippen molar-refractivity contribution in [3.05, 3.63) is 53.6 Å². The Morgan fingerprint density at radius 3 is 2.23 bits per heavy atom. The molecule has 1 aromatic carbocycles. The number of nitrogens with zero attached hydrogens (tertiary/aromatic N) is 1. The number of fused-ring (bicyclic) bond motifs is 1. The van der Waals surface area contributed by atoms with Gasteiger partial charge in [-0.25, -0.2) is 9.37 Å². The van der Waals surface area contributed by atoms with Gasteiger partial charge in [0.05, 0.1) is 15.2 Å². The van der Waals surface area contributed by atoms with E-state index < -0.39 is 13.9 Å². The third kappa shape index (κ3) is 3.41. The van der Waals surface area contributed by atoms with Gasteiger partial charge in [-0.1, -0.05) is 41.5 Å². The summed E-state index contributed by atoms with van der Waals surface area (Å²) < 4.78 is 20.9. The molecule has 2 heterocycles. The summed E-state index contributed by atoms with van der Waals surface area (Å²) in [6.45, 7) is 13.7. The van der Waals surface area contributed by atoms with Gasteiger partial charge in [-0.05, 0) is 45.9 Å². The van der Waals surface area contributed by atoms with Gasteiger partial charge in [0, 0.05) is 29.4 Å². The molecule has 6 heteroatoms. The molecule has 30 heavy (non-hydrogen) atoms. The average Bonchev–Trinajstić information content (AvgIpc) is 3.09. The molecule has 2 aromatic heterocycles. The highest BCUT2D eigenvalue weighted by Crippen LogP contribution is 2.54. The number of hydrogen-bond donors (Lipinski definition) is 2. The minimum Gasteiger partial charge on any atom is -0.504 e. The standard InChI is InChI=1S/C24H33FN2O2Si/c1-14(2)30(15(3)4,16(5)6)23(18-11-22(29-7)21(28)12-20(18)25)19-13-27-24-17(19)9-8-10-26-24/h8-16,23,28H,1-7H3,(H,26,27). The minimum atomic E-state index is -2.23. The number of phenols is 1. The maximum Gasteiger partial charge on any atom is 0.160 e. The van der Waals surface area contributed by atoms with Gasteiger partial charge in [-0.2, -0.15) is 0 Å². The highest BCUT2D eigenvalue weighted by Gasteiger charge is 2.51. The van der Waals surface area contributed by atoms with E-state index in [9.17, 15) is 5.11 Å². The number of halogens is 1. The second-order valence-corrected chi connectivity index (χ2v) is 15.1. The zero-order chi connectivity index (χ0) is 22.2. The lowest BCUT2D eigenvalue weighted by molar-refractivity contribution is 0.370. The first-order valence-corrected chi connectivity index (χ1v) is 12.9. The number of ether oxygens (including phenoxy) is 1. The zero-order valence-electron chi connectivity index (χ0n) is 19.0. The van der Waals surface area contributed by atoms with E-state index >= 15 is 4.39 Å². The number of phenolic OH excluding ortho intramolecular Hbond substituents is 1. The van der Waals surface area contributed by atoms with Crippen molar-refractivity contribution in [1.82, 2.24) is 9.97 Å². The number of hydrogen-bond acceptors (Lipinski definition) is 3. The minimum absolute atomic E-state index is 0.120. The van der Waals surface area contributed by atoms with Crippen LogP contribution in [0, 0.1) is 5.82 Å². The van der Waals surface area contributed by atoms with Crippen molar-refractivity contribution in [2.24, 2.45) is 0 Å². The van der Waals surface area contributed by atoms with Crippen molar-refractivity contribution in [2.75, 3.05) is 7.11 Å². The summed E-state index contributed by atoms with van der Waals surface area (Å²) in [5.41, 5.74) is 3.58. The Balaban J connectivity index is 2.44. The van der Waals surface area contributed by atoms with Crippen LogP contribution in [0.2, 0.25) is 16.6 Å². The first-order valence-electron chi connectivity index (χ1n) is 10.6. The number of rotatable bonds is 7. The number of methoxy groups -OCH3 is 1. The first-order chi connectivity index (χ1) is 14.2.